The third-order valence-electron chi connectivity index (χ3n) is 13.6. The zero-order chi connectivity index (χ0) is 47.8. The Morgan fingerprint density at radius 1 is 1.12 bits per heavy atom. The van der Waals surface area contributed by atoms with E-state index in [1.807, 2.05) is 25.8 Å². The molecule has 5 rings (SSSR count). The molecule has 1 aromatic heterocycles. The predicted octanol–water partition coefficient (Wildman–Crippen LogP) is 2.39. The van der Waals surface area contributed by atoms with Gasteiger partial charge in [-0.05, 0) is 79.0 Å². The Labute approximate surface area is 381 Å². The first-order valence-electron chi connectivity index (χ1n) is 22.7. The number of hydrogen-bond acceptors (Lipinski definition) is 18. The average Bonchev–Trinajstić information content (AvgIpc) is 3.77. The number of nitrogens with zero attached hydrogens (tertiary/aromatic N) is 6. The standard InChI is InChI=1S/C45H71N7O13/c1-26-21-45(7,61-9)41(29(4)38(54)30(5)42(57)62-25-44(6,58)40(56)28(3)37(26)48-65-35-11-10-17-46-22-35)64-43-39(55)36(19-27(2)63-43)50(8)18-16-32-23-51(49-47-32)34(24-53)20-31-12-14-33(15-13-31)52(59)60/h12-15,23,26-30,34-36,39-41,43,46,53,55-56,58H,10-11,16-22,24-25H2,1-9H3/b48-37+/t26-,27-,28+,29+,30-,34+,35-,36+,39-,40-,41-,43+,44-,45-/m1/s1. The summed E-state index contributed by atoms with van der Waals surface area (Å²) in [5.74, 6) is -4.93. The molecule has 4 heterocycles. The molecule has 0 bridgehead atoms. The van der Waals surface area contributed by atoms with E-state index in [1.165, 1.54) is 33.1 Å². The number of ether oxygens (including phenoxy) is 4. The molecule has 0 saturated carbocycles. The van der Waals surface area contributed by atoms with Crippen LogP contribution < -0.4 is 5.32 Å². The highest BCUT2D eigenvalue weighted by molar-refractivity contribution is 6.00. The van der Waals surface area contributed by atoms with Crippen LogP contribution in [0.3, 0.4) is 0 Å². The first kappa shape index (κ1) is 52.0. The van der Waals surface area contributed by atoms with E-state index in [4.69, 9.17) is 23.8 Å². The lowest BCUT2D eigenvalue weighted by atomic mass is 9.75. The molecule has 364 valence electrons. The molecule has 14 atom stereocenters. The number of rotatable bonds is 14. The van der Waals surface area contributed by atoms with Crippen molar-refractivity contribution in [2.75, 3.05) is 47.0 Å². The fourth-order valence-corrected chi connectivity index (χ4v) is 9.33. The monoisotopic (exact) mass is 918 g/mol. The Kier molecular flexibility index (Phi) is 18.1. The number of piperidine rings is 1. The van der Waals surface area contributed by atoms with Crippen molar-refractivity contribution in [1.29, 1.82) is 0 Å². The molecule has 0 aliphatic carbocycles. The van der Waals surface area contributed by atoms with E-state index in [0.29, 0.717) is 43.8 Å². The second-order valence-corrected chi connectivity index (χ2v) is 18.9. The number of benzene rings is 1. The van der Waals surface area contributed by atoms with Crippen LogP contribution in [-0.2, 0) is 46.2 Å². The SMILES string of the molecule is CO[C@]1(C)C[C@@H](C)/C(=N\O[C@@H]2CCCNC2)[C@H](C)[C@@H](O)[C@](C)(O)COC(=O)[C@H](C)C(=O)[C@H](C)[C@H]1O[C@@H]1O[C@H](C)C[C@H](N(C)CCc2cn([C@H](CO)Cc3ccc([N+](=O)[O-])cc3)nn2)[C@H]1O. The number of Topliss-reactive ketones (excluding diaryl/α,β-unsaturated/α-hetero) is 1. The van der Waals surface area contributed by atoms with Gasteiger partial charge in [-0.2, -0.15) is 0 Å². The maximum absolute atomic E-state index is 14.3. The lowest BCUT2D eigenvalue weighted by Crippen LogP contribution is -2.60. The summed E-state index contributed by atoms with van der Waals surface area (Å²) in [5, 5.41) is 72.8. The zero-order valence-corrected chi connectivity index (χ0v) is 39.2. The molecule has 0 radical (unpaired) electrons. The maximum Gasteiger partial charge on any atom is 0.316 e. The highest BCUT2D eigenvalue weighted by atomic mass is 16.7. The van der Waals surface area contributed by atoms with Gasteiger partial charge in [0.15, 0.2) is 12.1 Å². The topological polar surface area (TPSA) is 263 Å². The smallest absolute Gasteiger partial charge is 0.316 e. The van der Waals surface area contributed by atoms with Gasteiger partial charge >= 0.3 is 5.97 Å². The number of hydrogen-bond donors (Lipinski definition) is 5. The lowest BCUT2D eigenvalue weighted by Gasteiger charge is -2.47. The Morgan fingerprint density at radius 3 is 2.46 bits per heavy atom. The highest BCUT2D eigenvalue weighted by Crippen LogP contribution is 2.38. The van der Waals surface area contributed by atoms with Crippen molar-refractivity contribution in [3.63, 3.8) is 0 Å². The number of aliphatic hydroxyl groups excluding tert-OH is 3. The number of cyclic esters (lactones) is 1. The Morgan fingerprint density at radius 2 is 1.83 bits per heavy atom. The first-order chi connectivity index (χ1) is 30.7. The Balaban J connectivity index is 1.36. The molecule has 3 aliphatic heterocycles. The van der Waals surface area contributed by atoms with E-state index < -0.39 is 94.8 Å². The third-order valence-corrected chi connectivity index (χ3v) is 13.6. The number of nitro benzene ring substituents is 1. The van der Waals surface area contributed by atoms with Crippen molar-refractivity contribution in [2.24, 2.45) is 28.8 Å². The van der Waals surface area contributed by atoms with Crippen LogP contribution in [0.2, 0.25) is 0 Å². The van der Waals surface area contributed by atoms with Gasteiger partial charge in [0.2, 0.25) is 0 Å². The summed E-state index contributed by atoms with van der Waals surface area (Å²) in [6, 6.07) is 5.24. The van der Waals surface area contributed by atoms with Gasteiger partial charge < -0.3 is 54.4 Å². The van der Waals surface area contributed by atoms with Gasteiger partial charge in [-0.15, -0.1) is 5.10 Å². The minimum atomic E-state index is -1.90. The number of likely N-dealkylation sites (N-methyl/N-ethyl adjacent to an activating group) is 1. The summed E-state index contributed by atoms with van der Waals surface area (Å²) < 4.78 is 26.4. The Bertz CT molecular complexity index is 1910. The first-order valence-corrected chi connectivity index (χ1v) is 22.7. The van der Waals surface area contributed by atoms with Crippen molar-refractivity contribution in [2.45, 2.75) is 147 Å². The second kappa shape index (κ2) is 22.7. The van der Waals surface area contributed by atoms with Crippen LogP contribution in [0.1, 0.15) is 91.4 Å². The lowest BCUT2D eigenvalue weighted by molar-refractivity contribution is -0.384. The summed E-state index contributed by atoms with van der Waals surface area (Å²) in [7, 11) is 3.37. The van der Waals surface area contributed by atoms with Crippen LogP contribution in [0.4, 0.5) is 5.69 Å². The molecule has 1 aromatic carbocycles. The molecule has 5 N–H and O–H groups in total. The number of ketones is 1. The summed E-state index contributed by atoms with van der Waals surface area (Å²) >= 11 is 0. The van der Waals surface area contributed by atoms with Crippen LogP contribution in [-0.4, -0.2) is 164 Å². The van der Waals surface area contributed by atoms with Gasteiger partial charge in [-0.3, -0.25) is 19.7 Å². The number of carbonyl (C=O) groups is 2. The quantitative estimate of drug-likeness (QED) is 0.0789. The van der Waals surface area contributed by atoms with E-state index in [2.05, 4.69) is 20.8 Å². The fraction of sp³-hybridized carbons (Fsp3) is 0.756. The molecule has 2 aromatic rings. The number of oxime groups is 1. The van der Waals surface area contributed by atoms with Crippen LogP contribution in [0, 0.1) is 33.8 Å². The van der Waals surface area contributed by atoms with Crippen molar-refractivity contribution >= 4 is 23.2 Å². The van der Waals surface area contributed by atoms with E-state index in [9.17, 15) is 40.1 Å². The number of nitro groups is 1. The minimum absolute atomic E-state index is 0.0199. The number of methoxy groups -OCH3 is 1. The van der Waals surface area contributed by atoms with E-state index >= 15 is 0 Å². The van der Waals surface area contributed by atoms with Crippen LogP contribution in [0.25, 0.3) is 0 Å². The van der Waals surface area contributed by atoms with Crippen LogP contribution in [0.15, 0.2) is 35.6 Å². The van der Waals surface area contributed by atoms with Gasteiger partial charge in [0.25, 0.3) is 5.69 Å². The van der Waals surface area contributed by atoms with Crippen molar-refractivity contribution in [1.82, 2.24) is 25.2 Å². The van der Waals surface area contributed by atoms with Crippen LogP contribution >= 0.6 is 0 Å². The molecule has 0 spiro atoms. The molecule has 3 aliphatic rings. The largest absolute Gasteiger partial charge is 0.462 e. The zero-order valence-electron chi connectivity index (χ0n) is 39.2. The number of nitrogens with one attached hydrogen (secondary N) is 1. The molecule has 65 heavy (non-hydrogen) atoms. The molecular weight excluding hydrogens is 847 g/mol. The van der Waals surface area contributed by atoms with Crippen molar-refractivity contribution < 1.29 is 58.7 Å². The van der Waals surface area contributed by atoms with Crippen molar-refractivity contribution in [3.05, 3.63) is 51.8 Å². The molecule has 20 heteroatoms. The molecule has 0 unspecified atom stereocenters. The second-order valence-electron chi connectivity index (χ2n) is 18.9. The molecule has 20 nitrogen and oxygen atoms in total. The van der Waals surface area contributed by atoms with Gasteiger partial charge in [0.05, 0.1) is 52.9 Å². The molecule has 0 amide bonds. The van der Waals surface area contributed by atoms with Gasteiger partial charge in [-0.25, -0.2) is 4.68 Å². The average molecular weight is 918 g/mol. The summed E-state index contributed by atoms with van der Waals surface area (Å²) in [4.78, 5) is 46.3. The summed E-state index contributed by atoms with van der Waals surface area (Å²) in [5.41, 5.74) is -1.32. The van der Waals surface area contributed by atoms with E-state index in [1.54, 1.807) is 43.8 Å². The fourth-order valence-electron chi connectivity index (χ4n) is 9.33. The molecule has 3 saturated heterocycles. The third kappa shape index (κ3) is 12.9. The minimum Gasteiger partial charge on any atom is -0.462 e. The maximum atomic E-state index is 14.3. The number of aliphatic hydroxyl groups is 4. The van der Waals surface area contributed by atoms with Gasteiger partial charge in [0.1, 0.15) is 30.3 Å². The number of non-ortho nitro benzene ring substituents is 1. The highest BCUT2D eigenvalue weighted by Gasteiger charge is 2.50. The number of aromatic nitrogens is 3. The summed E-state index contributed by atoms with van der Waals surface area (Å²) in [6.45, 7) is 12.8. The van der Waals surface area contributed by atoms with Crippen molar-refractivity contribution in [3.8, 4) is 0 Å². The van der Waals surface area contributed by atoms with E-state index in [-0.39, 0.29) is 30.9 Å². The van der Waals surface area contributed by atoms with Gasteiger partial charge in [-0.1, -0.05) is 43.3 Å². The van der Waals surface area contributed by atoms with E-state index in [0.717, 1.165) is 24.9 Å². The normalized spacial score (nSPS) is 35.7. The predicted molar refractivity (Wildman–Crippen MR) is 237 cm³/mol. The molecule has 3 fully saturated rings. The van der Waals surface area contributed by atoms with Crippen LogP contribution in [0.5, 0.6) is 0 Å². The Hall–Kier alpha value is -3.99. The number of esters is 1. The van der Waals surface area contributed by atoms with Gasteiger partial charge in [0, 0.05) is 68.7 Å². The number of carbonyl (C=O) groups excluding carboxylic acids is 2. The molecular formula is C45H71N7O13. The summed E-state index contributed by atoms with van der Waals surface area (Å²) in [6.07, 6.45) is -0.648.